The van der Waals surface area contributed by atoms with Crippen LogP contribution in [0.4, 0.5) is 0 Å². The molecule has 1 aromatic carbocycles. The van der Waals surface area contributed by atoms with Crippen molar-refractivity contribution in [3.63, 3.8) is 0 Å². The quantitative estimate of drug-likeness (QED) is 0.871. The first-order chi connectivity index (χ1) is 10.7. The van der Waals surface area contributed by atoms with Gasteiger partial charge in [0.1, 0.15) is 22.7 Å². The first-order valence-electron chi connectivity index (χ1n) is 8.07. The van der Waals surface area contributed by atoms with Crippen molar-refractivity contribution in [2.45, 2.75) is 46.1 Å². The van der Waals surface area contributed by atoms with E-state index >= 15 is 0 Å². The zero-order chi connectivity index (χ0) is 15.5. The number of benzene rings is 1. The van der Waals surface area contributed by atoms with Crippen LogP contribution in [-0.2, 0) is 13.0 Å². The predicted molar refractivity (Wildman–Crippen MR) is 85.9 cm³/mol. The molecular weight excluding hydrogens is 280 g/mol. The van der Waals surface area contributed by atoms with Gasteiger partial charge in [0.25, 0.3) is 5.56 Å². The number of hydrogen-bond acceptors (Lipinski definition) is 4. The summed E-state index contributed by atoms with van der Waals surface area (Å²) in [6, 6.07) is 3.64. The molecule has 0 atom stereocenters. The number of nitrogens with zero attached hydrogens (tertiary/aromatic N) is 2. The van der Waals surface area contributed by atoms with Gasteiger partial charge >= 0.3 is 0 Å². The predicted octanol–water partition coefficient (Wildman–Crippen LogP) is 2.92. The molecule has 3 rings (SSSR count). The molecule has 1 aliphatic rings. The molecule has 0 unspecified atom stereocenters. The Morgan fingerprint density at radius 2 is 1.95 bits per heavy atom. The lowest BCUT2D eigenvalue weighted by Crippen LogP contribution is -2.25. The lowest BCUT2D eigenvalue weighted by Gasteiger charge is -2.14. The van der Waals surface area contributed by atoms with Gasteiger partial charge in [-0.25, -0.2) is 4.98 Å². The lowest BCUT2D eigenvalue weighted by atomic mass is 10.2. The summed E-state index contributed by atoms with van der Waals surface area (Å²) in [4.78, 5) is 17.6. The largest absolute Gasteiger partial charge is 0.494 e. The number of fused-ring (bicyclic) bond motifs is 2. The highest BCUT2D eigenvalue weighted by atomic mass is 16.5. The van der Waals surface area contributed by atoms with Crippen molar-refractivity contribution in [1.29, 1.82) is 0 Å². The summed E-state index contributed by atoms with van der Waals surface area (Å²) in [7, 11) is 0. The van der Waals surface area contributed by atoms with Gasteiger partial charge < -0.3 is 9.47 Å². The molecule has 0 bridgehead atoms. The van der Waals surface area contributed by atoms with Gasteiger partial charge in [0.15, 0.2) is 0 Å². The fourth-order valence-corrected chi connectivity index (χ4v) is 3.00. The van der Waals surface area contributed by atoms with Crippen molar-refractivity contribution in [2.24, 2.45) is 0 Å². The molecule has 118 valence electrons. The second-order valence-electron chi connectivity index (χ2n) is 5.48. The van der Waals surface area contributed by atoms with Crippen LogP contribution in [0.5, 0.6) is 11.5 Å². The summed E-state index contributed by atoms with van der Waals surface area (Å²) < 4.78 is 13.1. The van der Waals surface area contributed by atoms with Crippen LogP contribution in [0.15, 0.2) is 16.9 Å². The van der Waals surface area contributed by atoms with Crippen LogP contribution in [-0.4, -0.2) is 22.8 Å². The number of rotatable bonds is 4. The van der Waals surface area contributed by atoms with Crippen molar-refractivity contribution in [2.75, 3.05) is 13.2 Å². The van der Waals surface area contributed by atoms with Gasteiger partial charge in [0, 0.05) is 25.1 Å². The Balaban J connectivity index is 2.26. The summed E-state index contributed by atoms with van der Waals surface area (Å²) in [6.45, 7) is 5.67. The molecule has 0 saturated carbocycles. The average Bonchev–Trinajstić information content (AvgIpc) is 2.73. The van der Waals surface area contributed by atoms with Crippen LogP contribution in [0, 0.1) is 0 Å². The first kappa shape index (κ1) is 14.9. The smallest absolute Gasteiger partial charge is 0.265 e. The topological polar surface area (TPSA) is 53.4 Å². The van der Waals surface area contributed by atoms with Gasteiger partial charge in [-0.1, -0.05) is 6.42 Å². The molecule has 1 aliphatic heterocycles. The average molecular weight is 302 g/mol. The van der Waals surface area contributed by atoms with Crippen molar-refractivity contribution in [1.82, 2.24) is 9.55 Å². The standard InChI is InChI=1S/C17H22N2O3/c1-3-21-12-10-13-16(14(11-12)22-4-2)17(20)19-9-7-5-6-8-15(19)18-13/h10-11H,3-9H2,1-2H3. The molecule has 2 aromatic rings. The van der Waals surface area contributed by atoms with Crippen LogP contribution in [0.2, 0.25) is 0 Å². The molecule has 0 fully saturated rings. The molecular formula is C17H22N2O3. The Hall–Kier alpha value is -2.04. The number of aromatic nitrogens is 2. The number of ether oxygens (including phenoxy) is 2. The molecule has 0 amide bonds. The second-order valence-corrected chi connectivity index (χ2v) is 5.48. The monoisotopic (exact) mass is 302 g/mol. The third kappa shape index (κ3) is 2.67. The zero-order valence-electron chi connectivity index (χ0n) is 13.2. The van der Waals surface area contributed by atoms with Crippen molar-refractivity contribution < 1.29 is 9.47 Å². The van der Waals surface area contributed by atoms with Gasteiger partial charge in [0.05, 0.1) is 18.7 Å². The Kier molecular flexibility index (Phi) is 4.32. The van der Waals surface area contributed by atoms with E-state index in [2.05, 4.69) is 0 Å². The van der Waals surface area contributed by atoms with Gasteiger partial charge in [-0.15, -0.1) is 0 Å². The molecule has 0 saturated heterocycles. The summed E-state index contributed by atoms with van der Waals surface area (Å²) in [5, 5.41) is 0.566. The van der Waals surface area contributed by atoms with Gasteiger partial charge in [0.2, 0.25) is 0 Å². The van der Waals surface area contributed by atoms with E-state index in [0.29, 0.717) is 35.6 Å². The van der Waals surface area contributed by atoms with E-state index in [-0.39, 0.29) is 5.56 Å². The molecule has 0 radical (unpaired) electrons. The zero-order valence-corrected chi connectivity index (χ0v) is 13.2. The highest BCUT2D eigenvalue weighted by Crippen LogP contribution is 2.29. The Morgan fingerprint density at radius 1 is 1.14 bits per heavy atom. The molecule has 1 aromatic heterocycles. The normalized spacial score (nSPS) is 14.5. The molecule has 0 aliphatic carbocycles. The maximum Gasteiger partial charge on any atom is 0.265 e. The van der Waals surface area contributed by atoms with Crippen LogP contribution < -0.4 is 15.0 Å². The van der Waals surface area contributed by atoms with Crippen molar-refractivity contribution in [3.8, 4) is 11.5 Å². The van der Waals surface area contributed by atoms with Gasteiger partial charge in [-0.3, -0.25) is 9.36 Å². The van der Waals surface area contributed by atoms with Crippen LogP contribution in [0.1, 0.15) is 38.9 Å². The van der Waals surface area contributed by atoms with Crippen molar-refractivity contribution in [3.05, 3.63) is 28.3 Å². The summed E-state index contributed by atoms with van der Waals surface area (Å²) in [5.74, 6) is 2.15. The molecule has 0 N–H and O–H groups in total. The van der Waals surface area contributed by atoms with E-state index < -0.39 is 0 Å². The number of aryl methyl sites for hydroxylation is 1. The van der Waals surface area contributed by atoms with E-state index in [0.717, 1.165) is 38.1 Å². The maximum atomic E-state index is 12.9. The fraction of sp³-hybridized carbons (Fsp3) is 0.529. The molecule has 5 heteroatoms. The summed E-state index contributed by atoms with van der Waals surface area (Å²) >= 11 is 0. The lowest BCUT2D eigenvalue weighted by molar-refractivity contribution is 0.325. The van der Waals surface area contributed by atoms with E-state index in [4.69, 9.17) is 14.5 Å². The van der Waals surface area contributed by atoms with Crippen LogP contribution in [0.25, 0.3) is 10.9 Å². The van der Waals surface area contributed by atoms with E-state index in [1.54, 1.807) is 6.07 Å². The third-order valence-corrected chi connectivity index (χ3v) is 3.97. The Labute approximate surface area is 129 Å². The third-order valence-electron chi connectivity index (χ3n) is 3.97. The summed E-state index contributed by atoms with van der Waals surface area (Å²) in [5.41, 5.74) is 0.681. The highest BCUT2D eigenvalue weighted by Gasteiger charge is 2.18. The van der Waals surface area contributed by atoms with E-state index in [9.17, 15) is 4.79 Å². The van der Waals surface area contributed by atoms with Crippen molar-refractivity contribution >= 4 is 10.9 Å². The fourth-order valence-electron chi connectivity index (χ4n) is 3.00. The minimum atomic E-state index is 0.00778. The minimum Gasteiger partial charge on any atom is -0.494 e. The maximum absolute atomic E-state index is 12.9. The molecule has 0 spiro atoms. The Morgan fingerprint density at radius 3 is 2.73 bits per heavy atom. The number of hydrogen-bond donors (Lipinski definition) is 0. The SMILES string of the molecule is CCOc1cc(OCC)c2c(=O)n3c(nc2c1)CCCCC3. The summed E-state index contributed by atoms with van der Waals surface area (Å²) in [6.07, 6.45) is 4.11. The minimum absolute atomic E-state index is 0.00778. The van der Waals surface area contributed by atoms with Crippen LogP contribution in [0.3, 0.4) is 0 Å². The van der Waals surface area contributed by atoms with Gasteiger partial charge in [-0.2, -0.15) is 0 Å². The van der Waals surface area contributed by atoms with E-state index in [1.807, 2.05) is 24.5 Å². The first-order valence-corrected chi connectivity index (χ1v) is 8.07. The van der Waals surface area contributed by atoms with Crippen LogP contribution >= 0.6 is 0 Å². The van der Waals surface area contributed by atoms with Gasteiger partial charge in [-0.05, 0) is 26.7 Å². The Bertz CT molecular complexity index is 737. The molecule has 2 heterocycles. The van der Waals surface area contributed by atoms with E-state index in [1.165, 1.54) is 0 Å². The molecule has 5 nitrogen and oxygen atoms in total. The second kappa shape index (κ2) is 6.38. The molecule has 22 heavy (non-hydrogen) atoms. The highest BCUT2D eigenvalue weighted by molar-refractivity contribution is 5.86.